The van der Waals surface area contributed by atoms with E-state index in [-0.39, 0.29) is 24.1 Å². The molecule has 1 aromatic heterocycles. The van der Waals surface area contributed by atoms with Gasteiger partial charge < -0.3 is 14.3 Å². The van der Waals surface area contributed by atoms with Crippen LogP contribution in [0.2, 0.25) is 0 Å². The van der Waals surface area contributed by atoms with Crippen LogP contribution >= 0.6 is 11.3 Å². The van der Waals surface area contributed by atoms with Crippen molar-refractivity contribution in [3.8, 4) is 0 Å². The number of amides is 1. The lowest BCUT2D eigenvalue weighted by Gasteiger charge is -2.28. The molecule has 1 aliphatic rings. The quantitative estimate of drug-likeness (QED) is 0.537. The Morgan fingerprint density at radius 1 is 1.37 bits per heavy atom. The Labute approximate surface area is 164 Å². The summed E-state index contributed by atoms with van der Waals surface area (Å²) in [6.45, 7) is 6.05. The summed E-state index contributed by atoms with van der Waals surface area (Å²) < 4.78 is 10.3. The second-order valence-corrected chi connectivity index (χ2v) is 8.65. The Balaban J connectivity index is 2.16. The minimum atomic E-state index is -0.568. The molecule has 2 atom stereocenters. The van der Waals surface area contributed by atoms with Gasteiger partial charge in [-0.2, -0.15) is 5.06 Å². The summed E-state index contributed by atoms with van der Waals surface area (Å²) in [4.78, 5) is 36.6. The van der Waals surface area contributed by atoms with Crippen LogP contribution in [0.25, 0.3) is 0 Å². The Bertz CT molecular complexity index is 658. The zero-order valence-corrected chi connectivity index (χ0v) is 17.7. The first-order valence-corrected chi connectivity index (χ1v) is 9.74. The third-order valence-corrected chi connectivity index (χ3v) is 5.53. The molecule has 9 heteroatoms. The third-order valence-electron chi connectivity index (χ3n) is 4.37. The second kappa shape index (κ2) is 8.99. The molecule has 27 heavy (non-hydrogen) atoms. The first-order valence-electron chi connectivity index (χ1n) is 8.92. The summed E-state index contributed by atoms with van der Waals surface area (Å²) in [7, 11) is 4.84. The number of aryl methyl sites for hydroxylation is 1. The van der Waals surface area contributed by atoms with E-state index in [2.05, 4.69) is 9.72 Å². The van der Waals surface area contributed by atoms with Crippen molar-refractivity contribution in [2.75, 3.05) is 27.8 Å². The number of carbonyl (C=O) groups is 2. The zero-order chi connectivity index (χ0) is 20.2. The molecule has 0 bridgehead atoms. The number of hydroxylamine groups is 2. The van der Waals surface area contributed by atoms with Gasteiger partial charge in [-0.1, -0.05) is 0 Å². The molecular weight excluding hydrogens is 370 g/mol. The number of hydrogen-bond donors (Lipinski definition) is 0. The number of esters is 1. The highest BCUT2D eigenvalue weighted by Crippen LogP contribution is 2.37. The van der Waals surface area contributed by atoms with Gasteiger partial charge in [-0.25, -0.2) is 9.78 Å². The van der Waals surface area contributed by atoms with Gasteiger partial charge in [0.05, 0.1) is 32.7 Å². The van der Waals surface area contributed by atoms with Crippen molar-refractivity contribution in [2.24, 2.45) is 0 Å². The van der Waals surface area contributed by atoms with Gasteiger partial charge in [0.1, 0.15) is 10.6 Å². The van der Waals surface area contributed by atoms with Crippen LogP contribution < -0.4 is 0 Å². The average Bonchev–Trinajstić information content (AvgIpc) is 3.24. The van der Waals surface area contributed by atoms with Crippen LogP contribution in [-0.4, -0.2) is 66.5 Å². The maximum absolute atomic E-state index is 12.7. The minimum Gasteiger partial charge on any atom is -0.469 e. The van der Waals surface area contributed by atoms with Crippen molar-refractivity contribution < 1.29 is 23.9 Å². The Morgan fingerprint density at radius 2 is 2.07 bits per heavy atom. The van der Waals surface area contributed by atoms with Crippen LogP contribution in [0.15, 0.2) is 6.20 Å². The number of hydrogen-bond acceptors (Lipinski definition) is 8. The van der Waals surface area contributed by atoms with E-state index < -0.39 is 5.60 Å². The van der Waals surface area contributed by atoms with Gasteiger partial charge in [-0.05, 0) is 33.6 Å². The predicted molar refractivity (Wildman–Crippen MR) is 101 cm³/mol. The van der Waals surface area contributed by atoms with Gasteiger partial charge >= 0.3 is 12.1 Å². The van der Waals surface area contributed by atoms with Gasteiger partial charge in [-0.15, -0.1) is 11.3 Å². The highest BCUT2D eigenvalue weighted by atomic mass is 32.1. The molecular formula is C18H29N3O5S. The SMILES string of the molecule is COC(=O)CCc1cnc([C@@H]2C[C@H](N(C)OC)CN2C(=O)OC(C)(C)C)s1. The fourth-order valence-corrected chi connectivity index (χ4v) is 3.95. The van der Waals surface area contributed by atoms with Gasteiger partial charge in [0.15, 0.2) is 0 Å². The van der Waals surface area contributed by atoms with Crippen molar-refractivity contribution in [3.63, 3.8) is 0 Å². The first-order chi connectivity index (χ1) is 12.6. The Morgan fingerprint density at radius 3 is 2.67 bits per heavy atom. The topological polar surface area (TPSA) is 81.2 Å². The molecule has 1 aromatic rings. The number of likely N-dealkylation sites (N-methyl/N-ethyl adjacent to an activating group) is 1. The molecule has 0 spiro atoms. The van der Waals surface area contributed by atoms with E-state index in [1.807, 2.05) is 27.8 Å². The van der Waals surface area contributed by atoms with Crippen LogP contribution in [0, 0.1) is 0 Å². The summed E-state index contributed by atoms with van der Waals surface area (Å²) in [5.74, 6) is -0.247. The molecule has 2 rings (SSSR count). The monoisotopic (exact) mass is 399 g/mol. The maximum Gasteiger partial charge on any atom is 0.410 e. The summed E-state index contributed by atoms with van der Waals surface area (Å²) in [6, 6.07) is -0.130. The van der Waals surface area contributed by atoms with Gasteiger partial charge in [0.25, 0.3) is 0 Å². The highest BCUT2D eigenvalue weighted by Gasteiger charge is 2.41. The van der Waals surface area contributed by atoms with Crippen molar-refractivity contribution in [3.05, 3.63) is 16.1 Å². The van der Waals surface area contributed by atoms with Crippen LogP contribution in [0.1, 0.15) is 49.5 Å². The minimum absolute atomic E-state index is 0.0509. The molecule has 0 N–H and O–H groups in total. The smallest absolute Gasteiger partial charge is 0.410 e. The molecule has 0 aromatic carbocycles. The average molecular weight is 400 g/mol. The van der Waals surface area contributed by atoms with E-state index in [1.54, 1.807) is 23.3 Å². The van der Waals surface area contributed by atoms with E-state index >= 15 is 0 Å². The molecule has 0 unspecified atom stereocenters. The lowest BCUT2D eigenvalue weighted by molar-refractivity contribution is -0.140. The number of nitrogens with zero attached hydrogens (tertiary/aromatic N) is 3. The standard InChI is InChI=1S/C18H29N3O5S/c1-18(2,3)26-17(23)21-11-12(20(4)25-6)9-14(21)16-19-10-13(27-16)7-8-15(22)24-5/h10,12,14H,7-9,11H2,1-6H3/t12-,14-/m0/s1. The van der Waals surface area contributed by atoms with E-state index in [0.717, 1.165) is 9.88 Å². The predicted octanol–water partition coefficient (Wildman–Crippen LogP) is 2.79. The molecule has 152 valence electrons. The Kier molecular flexibility index (Phi) is 7.19. The summed E-state index contributed by atoms with van der Waals surface area (Å²) in [6.07, 6.45) is 3.00. The lowest BCUT2D eigenvalue weighted by atomic mass is 10.2. The fraction of sp³-hybridized carbons (Fsp3) is 0.722. The van der Waals surface area contributed by atoms with Crippen molar-refractivity contribution >= 4 is 23.4 Å². The van der Waals surface area contributed by atoms with Crippen LogP contribution in [-0.2, 0) is 25.5 Å². The fourth-order valence-electron chi connectivity index (χ4n) is 2.90. The number of thiazole rings is 1. The van der Waals surface area contributed by atoms with E-state index in [0.29, 0.717) is 25.8 Å². The molecule has 1 amide bonds. The summed E-state index contributed by atoms with van der Waals surface area (Å²) in [5, 5.41) is 2.59. The summed E-state index contributed by atoms with van der Waals surface area (Å²) in [5.41, 5.74) is -0.568. The molecule has 0 radical (unpaired) electrons. The zero-order valence-electron chi connectivity index (χ0n) is 16.9. The van der Waals surface area contributed by atoms with Gasteiger partial charge in [-0.3, -0.25) is 9.69 Å². The summed E-state index contributed by atoms with van der Waals surface area (Å²) >= 11 is 1.52. The molecule has 2 heterocycles. The van der Waals surface area contributed by atoms with Crippen molar-refractivity contribution in [1.82, 2.24) is 14.9 Å². The molecule has 1 fully saturated rings. The second-order valence-electron chi connectivity index (χ2n) is 7.51. The van der Waals surface area contributed by atoms with Gasteiger partial charge in [0.2, 0.25) is 0 Å². The van der Waals surface area contributed by atoms with Crippen molar-refractivity contribution in [2.45, 2.75) is 57.7 Å². The number of methoxy groups -OCH3 is 1. The molecule has 1 saturated heterocycles. The van der Waals surface area contributed by atoms with Crippen molar-refractivity contribution in [1.29, 1.82) is 0 Å². The first kappa shape index (κ1) is 21.6. The van der Waals surface area contributed by atoms with E-state index in [9.17, 15) is 9.59 Å². The largest absolute Gasteiger partial charge is 0.469 e. The van der Waals surface area contributed by atoms with E-state index in [4.69, 9.17) is 9.57 Å². The van der Waals surface area contributed by atoms with Crippen LogP contribution in [0.5, 0.6) is 0 Å². The van der Waals surface area contributed by atoms with E-state index in [1.165, 1.54) is 18.4 Å². The molecule has 0 aliphatic carbocycles. The number of carbonyl (C=O) groups excluding carboxylic acids is 2. The normalized spacial score (nSPS) is 20.2. The maximum atomic E-state index is 12.7. The number of ether oxygens (including phenoxy) is 2. The van der Waals surface area contributed by atoms with Crippen LogP contribution in [0.3, 0.4) is 0 Å². The number of aromatic nitrogens is 1. The molecule has 1 aliphatic heterocycles. The number of rotatable bonds is 6. The Hall–Kier alpha value is -1.71. The third kappa shape index (κ3) is 5.88. The highest BCUT2D eigenvalue weighted by molar-refractivity contribution is 7.11. The van der Waals surface area contributed by atoms with Crippen LogP contribution in [0.4, 0.5) is 4.79 Å². The van der Waals surface area contributed by atoms with Gasteiger partial charge in [0, 0.05) is 24.7 Å². The lowest BCUT2D eigenvalue weighted by Crippen LogP contribution is -2.39. The molecule has 8 nitrogen and oxygen atoms in total. The molecule has 0 saturated carbocycles. The number of likely N-dealkylation sites (tertiary alicyclic amines) is 1.